The first-order valence-corrected chi connectivity index (χ1v) is 7.35. The number of rotatable bonds is 4. The number of alkyl halides is 3. The second kappa shape index (κ2) is 7.28. The molecule has 2 heterocycles. The lowest BCUT2D eigenvalue weighted by Crippen LogP contribution is -2.51. The van der Waals surface area contributed by atoms with Crippen LogP contribution in [-0.4, -0.2) is 79.8 Å². The number of likely N-dealkylation sites (tertiary alicyclic amines) is 1. The Balaban J connectivity index is 1.79. The van der Waals surface area contributed by atoms with Gasteiger partial charge in [-0.15, -0.1) is 0 Å². The molecule has 2 saturated heterocycles. The van der Waals surface area contributed by atoms with Crippen LogP contribution in [0.2, 0.25) is 0 Å². The number of amides is 2. The summed E-state index contributed by atoms with van der Waals surface area (Å²) in [5, 5.41) is 2.63. The van der Waals surface area contributed by atoms with Crippen molar-refractivity contribution in [3.63, 3.8) is 0 Å². The first-order chi connectivity index (χ1) is 10.4. The number of hydrogen-bond donors (Lipinski definition) is 1. The summed E-state index contributed by atoms with van der Waals surface area (Å²) in [6, 6.07) is -1.01. The van der Waals surface area contributed by atoms with Gasteiger partial charge in [0.15, 0.2) is 0 Å². The molecule has 0 aliphatic carbocycles. The van der Waals surface area contributed by atoms with Crippen molar-refractivity contribution >= 4 is 11.8 Å². The van der Waals surface area contributed by atoms with Gasteiger partial charge in [-0.05, 0) is 12.8 Å². The van der Waals surface area contributed by atoms with E-state index in [1.807, 2.05) is 0 Å². The van der Waals surface area contributed by atoms with E-state index in [-0.39, 0.29) is 13.0 Å². The average Bonchev–Trinajstić information content (AvgIpc) is 2.95. The van der Waals surface area contributed by atoms with Crippen LogP contribution >= 0.6 is 0 Å². The largest absolute Gasteiger partial charge is 0.471 e. The molecule has 1 unspecified atom stereocenters. The number of ether oxygens (including phenoxy) is 1. The van der Waals surface area contributed by atoms with Crippen molar-refractivity contribution in [2.24, 2.45) is 0 Å². The molecule has 2 fully saturated rings. The minimum Gasteiger partial charge on any atom is -0.379 e. The monoisotopic (exact) mass is 323 g/mol. The Morgan fingerprint density at radius 3 is 2.50 bits per heavy atom. The Morgan fingerprint density at radius 1 is 1.18 bits per heavy atom. The molecule has 126 valence electrons. The van der Waals surface area contributed by atoms with Crippen LogP contribution in [0.15, 0.2) is 0 Å². The van der Waals surface area contributed by atoms with Crippen molar-refractivity contribution in [1.29, 1.82) is 0 Å². The molecule has 1 atom stereocenters. The van der Waals surface area contributed by atoms with E-state index in [0.29, 0.717) is 37.6 Å². The van der Waals surface area contributed by atoms with Gasteiger partial charge in [0.25, 0.3) is 0 Å². The predicted molar refractivity (Wildman–Crippen MR) is 71.1 cm³/mol. The fourth-order valence-corrected chi connectivity index (χ4v) is 2.73. The van der Waals surface area contributed by atoms with E-state index in [0.717, 1.165) is 13.1 Å². The molecule has 0 saturated carbocycles. The molecule has 0 bridgehead atoms. The highest BCUT2D eigenvalue weighted by Crippen LogP contribution is 2.25. The van der Waals surface area contributed by atoms with Gasteiger partial charge in [-0.1, -0.05) is 0 Å². The van der Waals surface area contributed by atoms with Gasteiger partial charge in [-0.2, -0.15) is 13.2 Å². The van der Waals surface area contributed by atoms with Gasteiger partial charge in [0.1, 0.15) is 6.04 Å². The van der Waals surface area contributed by atoms with E-state index in [1.54, 1.807) is 0 Å². The molecule has 2 amide bonds. The number of hydrogen-bond acceptors (Lipinski definition) is 4. The normalized spacial score (nSPS) is 23.6. The smallest absolute Gasteiger partial charge is 0.379 e. The summed E-state index contributed by atoms with van der Waals surface area (Å²) in [5.41, 5.74) is 0. The van der Waals surface area contributed by atoms with Gasteiger partial charge in [0.2, 0.25) is 5.91 Å². The molecule has 0 radical (unpaired) electrons. The number of carbonyl (C=O) groups excluding carboxylic acids is 2. The Bertz CT molecular complexity index is 411. The van der Waals surface area contributed by atoms with Crippen LogP contribution in [0.4, 0.5) is 13.2 Å². The summed E-state index contributed by atoms with van der Waals surface area (Å²) < 4.78 is 42.7. The van der Waals surface area contributed by atoms with E-state index >= 15 is 0 Å². The number of carbonyl (C=O) groups is 2. The Hall–Kier alpha value is -1.35. The van der Waals surface area contributed by atoms with Crippen LogP contribution in [0.1, 0.15) is 12.8 Å². The molecule has 2 aliphatic heterocycles. The van der Waals surface area contributed by atoms with Crippen LogP contribution in [0, 0.1) is 0 Å². The average molecular weight is 323 g/mol. The second-order valence-electron chi connectivity index (χ2n) is 5.40. The molecular formula is C13H20F3N3O3. The van der Waals surface area contributed by atoms with E-state index < -0.39 is 24.0 Å². The SMILES string of the molecule is O=C(NCCN1CCOCC1)C1CCCN1C(=O)C(F)(F)F. The van der Waals surface area contributed by atoms with Crippen molar-refractivity contribution in [3.8, 4) is 0 Å². The van der Waals surface area contributed by atoms with Gasteiger partial charge < -0.3 is 15.0 Å². The molecule has 1 N–H and O–H groups in total. The third kappa shape index (κ3) is 4.33. The highest BCUT2D eigenvalue weighted by Gasteiger charge is 2.47. The van der Waals surface area contributed by atoms with Crippen molar-refractivity contribution in [2.75, 3.05) is 45.9 Å². The summed E-state index contributed by atoms with van der Waals surface area (Å²) in [6.45, 7) is 3.78. The number of morpholine rings is 1. The summed E-state index contributed by atoms with van der Waals surface area (Å²) in [6.07, 6.45) is -4.26. The van der Waals surface area contributed by atoms with Gasteiger partial charge in [0.05, 0.1) is 13.2 Å². The lowest BCUT2D eigenvalue weighted by molar-refractivity contribution is -0.186. The van der Waals surface area contributed by atoms with Crippen molar-refractivity contribution in [1.82, 2.24) is 15.1 Å². The van der Waals surface area contributed by atoms with Gasteiger partial charge >= 0.3 is 12.1 Å². The lowest BCUT2D eigenvalue weighted by atomic mass is 10.2. The fourth-order valence-electron chi connectivity index (χ4n) is 2.73. The van der Waals surface area contributed by atoms with Crippen LogP contribution in [0.5, 0.6) is 0 Å². The predicted octanol–water partition coefficient (Wildman–Crippen LogP) is -0.0119. The second-order valence-corrected chi connectivity index (χ2v) is 5.40. The van der Waals surface area contributed by atoms with Crippen LogP contribution in [0.3, 0.4) is 0 Å². The third-order valence-electron chi connectivity index (χ3n) is 3.89. The molecule has 0 aromatic heterocycles. The quantitative estimate of drug-likeness (QED) is 0.790. The zero-order valence-electron chi connectivity index (χ0n) is 12.2. The molecule has 22 heavy (non-hydrogen) atoms. The molecular weight excluding hydrogens is 303 g/mol. The van der Waals surface area contributed by atoms with Crippen molar-refractivity contribution < 1.29 is 27.5 Å². The first kappa shape index (κ1) is 17.0. The first-order valence-electron chi connectivity index (χ1n) is 7.35. The van der Waals surface area contributed by atoms with Crippen LogP contribution < -0.4 is 5.32 Å². The van der Waals surface area contributed by atoms with Crippen LogP contribution in [0.25, 0.3) is 0 Å². The maximum absolute atomic E-state index is 12.5. The fraction of sp³-hybridized carbons (Fsp3) is 0.846. The lowest BCUT2D eigenvalue weighted by Gasteiger charge is -2.27. The maximum Gasteiger partial charge on any atom is 0.471 e. The summed E-state index contributed by atoms with van der Waals surface area (Å²) in [4.78, 5) is 26.1. The van der Waals surface area contributed by atoms with Gasteiger partial charge in [-0.3, -0.25) is 14.5 Å². The standard InChI is InChI=1S/C13H20F3N3O3/c14-13(15,16)12(21)19-4-1-2-10(19)11(20)17-3-5-18-6-8-22-9-7-18/h10H,1-9H2,(H,17,20). The van der Waals surface area contributed by atoms with E-state index in [1.165, 1.54) is 0 Å². The highest BCUT2D eigenvalue weighted by molar-refractivity contribution is 5.90. The Morgan fingerprint density at radius 2 is 1.86 bits per heavy atom. The van der Waals surface area contributed by atoms with Gasteiger partial charge in [0, 0.05) is 32.7 Å². The van der Waals surface area contributed by atoms with Gasteiger partial charge in [-0.25, -0.2) is 0 Å². The molecule has 0 spiro atoms. The minimum absolute atomic E-state index is 0.0279. The Labute approximate surface area is 126 Å². The number of nitrogens with zero attached hydrogens (tertiary/aromatic N) is 2. The topological polar surface area (TPSA) is 61.9 Å². The van der Waals surface area contributed by atoms with Crippen molar-refractivity contribution in [2.45, 2.75) is 25.1 Å². The third-order valence-corrected chi connectivity index (χ3v) is 3.89. The molecule has 2 rings (SSSR count). The zero-order valence-corrected chi connectivity index (χ0v) is 12.2. The molecule has 2 aliphatic rings. The van der Waals surface area contributed by atoms with Crippen LogP contribution in [-0.2, 0) is 14.3 Å². The minimum atomic E-state index is -4.93. The maximum atomic E-state index is 12.5. The molecule has 9 heteroatoms. The van der Waals surface area contributed by atoms with E-state index in [4.69, 9.17) is 4.74 Å². The number of halogens is 3. The van der Waals surface area contributed by atoms with E-state index in [2.05, 4.69) is 10.2 Å². The summed E-state index contributed by atoms with van der Waals surface area (Å²) >= 11 is 0. The Kier molecular flexibility index (Phi) is 5.63. The van der Waals surface area contributed by atoms with E-state index in [9.17, 15) is 22.8 Å². The molecule has 0 aromatic carbocycles. The number of nitrogens with one attached hydrogen (secondary N) is 1. The molecule has 6 nitrogen and oxygen atoms in total. The highest BCUT2D eigenvalue weighted by atomic mass is 19.4. The summed E-state index contributed by atoms with van der Waals surface area (Å²) in [7, 11) is 0. The van der Waals surface area contributed by atoms with Crippen molar-refractivity contribution in [3.05, 3.63) is 0 Å². The molecule has 0 aromatic rings. The zero-order chi connectivity index (χ0) is 16.2. The summed E-state index contributed by atoms with van der Waals surface area (Å²) in [5.74, 6) is -2.44.